The molecule has 1 aromatic heterocycles. The quantitative estimate of drug-likeness (QED) is 0.449. The van der Waals surface area contributed by atoms with E-state index in [1.807, 2.05) is 0 Å². The van der Waals surface area contributed by atoms with E-state index in [0.29, 0.717) is 0 Å². The summed E-state index contributed by atoms with van der Waals surface area (Å²) in [5, 5.41) is 0. The van der Waals surface area contributed by atoms with Crippen LogP contribution in [0.25, 0.3) is 0 Å². The van der Waals surface area contributed by atoms with Crippen molar-refractivity contribution in [2.24, 2.45) is 0 Å². The van der Waals surface area contributed by atoms with E-state index in [1.165, 1.54) is 13.8 Å². The van der Waals surface area contributed by atoms with Gasteiger partial charge in [-0.25, -0.2) is 18.6 Å². The molecule has 0 bridgehead atoms. The SMILES string of the molecule is CC(C)OC(=O)c1nc(F)c(F)c(F)c1F. The molecule has 7 heteroatoms. The van der Waals surface area contributed by atoms with Gasteiger partial charge in [-0.3, -0.25) is 0 Å². The molecule has 0 atom stereocenters. The maximum atomic E-state index is 13.0. The van der Waals surface area contributed by atoms with Gasteiger partial charge in [0.1, 0.15) is 0 Å². The predicted molar refractivity (Wildman–Crippen MR) is 44.6 cm³/mol. The summed E-state index contributed by atoms with van der Waals surface area (Å²) in [6, 6.07) is 0. The van der Waals surface area contributed by atoms with Crippen molar-refractivity contribution >= 4 is 5.97 Å². The second-order valence-electron chi connectivity index (χ2n) is 3.15. The van der Waals surface area contributed by atoms with E-state index in [-0.39, 0.29) is 0 Å². The summed E-state index contributed by atoms with van der Waals surface area (Å²) in [6.45, 7) is 2.90. The van der Waals surface area contributed by atoms with E-state index in [1.54, 1.807) is 0 Å². The third-order valence-corrected chi connectivity index (χ3v) is 1.52. The molecule has 0 radical (unpaired) electrons. The molecule has 0 aliphatic carbocycles. The minimum absolute atomic E-state index is 0.620. The molecule has 1 heterocycles. The van der Waals surface area contributed by atoms with Gasteiger partial charge in [-0.1, -0.05) is 0 Å². The number of hydrogen-bond acceptors (Lipinski definition) is 3. The molecule has 1 aromatic rings. The molecule has 0 N–H and O–H groups in total. The minimum atomic E-state index is -2.09. The maximum Gasteiger partial charge on any atom is 0.360 e. The van der Waals surface area contributed by atoms with Crippen molar-refractivity contribution in [1.29, 1.82) is 0 Å². The molecular formula is C9H7F4NO2. The average molecular weight is 237 g/mol. The molecule has 0 fully saturated rings. The Labute approximate surface area is 88.0 Å². The monoisotopic (exact) mass is 237 g/mol. The Morgan fingerprint density at radius 1 is 1.12 bits per heavy atom. The fourth-order valence-electron chi connectivity index (χ4n) is 0.892. The highest BCUT2D eigenvalue weighted by Gasteiger charge is 2.26. The smallest absolute Gasteiger partial charge is 0.360 e. The normalized spacial score (nSPS) is 10.7. The van der Waals surface area contributed by atoms with Crippen LogP contribution in [0.5, 0.6) is 0 Å². The lowest BCUT2D eigenvalue weighted by Crippen LogP contribution is -2.17. The van der Waals surface area contributed by atoms with E-state index in [2.05, 4.69) is 9.72 Å². The summed E-state index contributed by atoms with van der Waals surface area (Å²) in [7, 11) is 0. The van der Waals surface area contributed by atoms with Crippen molar-refractivity contribution in [3.63, 3.8) is 0 Å². The van der Waals surface area contributed by atoms with Crippen molar-refractivity contribution < 1.29 is 27.1 Å². The zero-order valence-electron chi connectivity index (χ0n) is 8.35. The molecule has 0 aromatic carbocycles. The highest BCUT2D eigenvalue weighted by atomic mass is 19.2. The number of halogens is 4. The lowest BCUT2D eigenvalue weighted by Gasteiger charge is -2.08. The lowest BCUT2D eigenvalue weighted by molar-refractivity contribution is 0.0361. The van der Waals surface area contributed by atoms with Gasteiger partial charge in [-0.2, -0.15) is 8.78 Å². The Kier molecular flexibility index (Phi) is 3.46. The molecule has 1 rings (SSSR count). The Morgan fingerprint density at radius 3 is 2.19 bits per heavy atom. The second-order valence-corrected chi connectivity index (χ2v) is 3.15. The summed E-state index contributed by atoms with van der Waals surface area (Å²) in [5.41, 5.74) is -1.22. The first-order valence-corrected chi connectivity index (χ1v) is 4.25. The van der Waals surface area contributed by atoms with Gasteiger partial charge in [-0.05, 0) is 13.8 Å². The third-order valence-electron chi connectivity index (χ3n) is 1.52. The van der Waals surface area contributed by atoms with Crippen molar-refractivity contribution in [2.75, 3.05) is 0 Å². The Bertz CT molecular complexity index is 434. The summed E-state index contributed by atoms with van der Waals surface area (Å²) in [6.07, 6.45) is -0.620. The van der Waals surface area contributed by atoms with Crippen LogP contribution in [0.2, 0.25) is 0 Å². The summed E-state index contributed by atoms with van der Waals surface area (Å²) in [5.74, 6) is -9.29. The number of aromatic nitrogens is 1. The van der Waals surface area contributed by atoms with Gasteiger partial charge in [0.2, 0.25) is 11.6 Å². The van der Waals surface area contributed by atoms with Crippen molar-refractivity contribution in [1.82, 2.24) is 4.98 Å². The summed E-state index contributed by atoms with van der Waals surface area (Å²) >= 11 is 0. The first-order valence-electron chi connectivity index (χ1n) is 4.25. The van der Waals surface area contributed by atoms with Crippen LogP contribution in [0, 0.1) is 23.4 Å². The fraction of sp³-hybridized carbons (Fsp3) is 0.333. The Balaban J connectivity index is 3.20. The van der Waals surface area contributed by atoms with Gasteiger partial charge in [0.25, 0.3) is 5.95 Å². The van der Waals surface area contributed by atoms with Crippen molar-refractivity contribution in [2.45, 2.75) is 20.0 Å². The molecule has 0 amide bonds. The topological polar surface area (TPSA) is 39.2 Å². The number of hydrogen-bond donors (Lipinski definition) is 0. The molecule has 0 saturated carbocycles. The lowest BCUT2D eigenvalue weighted by atomic mass is 10.3. The zero-order valence-corrected chi connectivity index (χ0v) is 8.35. The maximum absolute atomic E-state index is 13.0. The number of esters is 1. The van der Waals surface area contributed by atoms with Gasteiger partial charge < -0.3 is 4.74 Å². The molecule has 0 aliphatic rings. The fourth-order valence-corrected chi connectivity index (χ4v) is 0.892. The zero-order chi connectivity index (χ0) is 12.5. The van der Waals surface area contributed by atoms with Crippen LogP contribution < -0.4 is 0 Å². The number of nitrogens with zero attached hydrogens (tertiary/aromatic N) is 1. The van der Waals surface area contributed by atoms with Gasteiger partial charge in [0, 0.05) is 0 Å². The predicted octanol–water partition coefficient (Wildman–Crippen LogP) is 2.20. The van der Waals surface area contributed by atoms with Gasteiger partial charge in [0.05, 0.1) is 6.10 Å². The first kappa shape index (κ1) is 12.4. The molecule has 0 unspecified atom stereocenters. The van der Waals surface area contributed by atoms with Crippen LogP contribution in [-0.4, -0.2) is 17.1 Å². The van der Waals surface area contributed by atoms with Gasteiger partial charge in [0.15, 0.2) is 11.5 Å². The molecule has 0 aliphatic heterocycles. The standard InChI is InChI=1S/C9H7F4NO2/c1-3(2)16-9(15)7-5(11)4(10)6(12)8(13)14-7/h3H,1-2H3. The summed E-state index contributed by atoms with van der Waals surface area (Å²) in [4.78, 5) is 13.8. The second kappa shape index (κ2) is 4.46. The third kappa shape index (κ3) is 2.29. The molecule has 0 saturated heterocycles. The number of pyridine rings is 1. The van der Waals surface area contributed by atoms with E-state index >= 15 is 0 Å². The van der Waals surface area contributed by atoms with E-state index < -0.39 is 41.2 Å². The van der Waals surface area contributed by atoms with Crippen LogP contribution in [-0.2, 0) is 4.74 Å². The largest absolute Gasteiger partial charge is 0.458 e. The molecule has 3 nitrogen and oxygen atoms in total. The van der Waals surface area contributed by atoms with Gasteiger partial charge >= 0.3 is 5.97 Å². The van der Waals surface area contributed by atoms with Crippen molar-refractivity contribution in [3.8, 4) is 0 Å². The number of carbonyl (C=O) groups is 1. The molecule has 16 heavy (non-hydrogen) atoms. The molecular weight excluding hydrogens is 230 g/mol. The Morgan fingerprint density at radius 2 is 1.69 bits per heavy atom. The Hall–Kier alpha value is -1.66. The molecule has 0 spiro atoms. The molecule has 88 valence electrons. The van der Waals surface area contributed by atoms with Crippen LogP contribution in [0.3, 0.4) is 0 Å². The van der Waals surface area contributed by atoms with Crippen LogP contribution in [0.15, 0.2) is 0 Å². The first-order chi connectivity index (χ1) is 7.34. The number of ether oxygens (including phenoxy) is 1. The van der Waals surface area contributed by atoms with E-state index in [4.69, 9.17) is 0 Å². The minimum Gasteiger partial charge on any atom is -0.458 e. The van der Waals surface area contributed by atoms with Crippen LogP contribution >= 0.6 is 0 Å². The van der Waals surface area contributed by atoms with E-state index in [0.717, 1.165) is 0 Å². The van der Waals surface area contributed by atoms with E-state index in [9.17, 15) is 22.4 Å². The number of carbonyl (C=O) groups excluding carboxylic acids is 1. The van der Waals surface area contributed by atoms with Gasteiger partial charge in [-0.15, -0.1) is 0 Å². The van der Waals surface area contributed by atoms with Crippen LogP contribution in [0.1, 0.15) is 24.3 Å². The summed E-state index contributed by atoms with van der Waals surface area (Å²) < 4.78 is 55.3. The number of rotatable bonds is 2. The van der Waals surface area contributed by atoms with Crippen molar-refractivity contribution in [3.05, 3.63) is 29.1 Å². The highest BCUT2D eigenvalue weighted by molar-refractivity contribution is 5.87. The van der Waals surface area contributed by atoms with Crippen LogP contribution in [0.4, 0.5) is 17.6 Å². The average Bonchev–Trinajstić information content (AvgIpc) is 2.19. The highest BCUT2D eigenvalue weighted by Crippen LogP contribution is 2.16.